The number of hydrogen-bond acceptors (Lipinski definition) is 3. The van der Waals surface area contributed by atoms with E-state index in [0.717, 1.165) is 28.8 Å². The van der Waals surface area contributed by atoms with Gasteiger partial charge < -0.3 is 15.4 Å². The first-order chi connectivity index (χ1) is 12.3. The lowest BCUT2D eigenvalue weighted by Gasteiger charge is -2.21. The van der Waals surface area contributed by atoms with Gasteiger partial charge in [-0.15, -0.1) is 0 Å². The summed E-state index contributed by atoms with van der Waals surface area (Å²) in [7, 11) is 0. The largest absolute Gasteiger partial charge is 0.483 e. The SMILES string of the molecule is CC(C)(C)NC(=O)COc1ccc(Br)cc1CNCCc1ccccc1. The Morgan fingerprint density at radius 2 is 1.85 bits per heavy atom. The second kappa shape index (κ2) is 9.74. The number of amides is 1. The summed E-state index contributed by atoms with van der Waals surface area (Å²) in [6.45, 7) is 7.42. The average molecular weight is 419 g/mol. The van der Waals surface area contributed by atoms with Crippen molar-refractivity contribution in [2.45, 2.75) is 39.3 Å². The molecule has 0 saturated heterocycles. The predicted molar refractivity (Wildman–Crippen MR) is 109 cm³/mol. The van der Waals surface area contributed by atoms with Gasteiger partial charge in [-0.05, 0) is 57.5 Å². The zero-order valence-electron chi connectivity index (χ0n) is 15.6. The van der Waals surface area contributed by atoms with Crippen LogP contribution in [0, 0.1) is 0 Å². The molecule has 0 aliphatic heterocycles. The molecule has 2 rings (SSSR count). The number of carbonyl (C=O) groups is 1. The first-order valence-electron chi connectivity index (χ1n) is 8.80. The molecule has 140 valence electrons. The van der Waals surface area contributed by atoms with Crippen molar-refractivity contribution >= 4 is 21.8 Å². The molecule has 4 nitrogen and oxygen atoms in total. The third kappa shape index (κ3) is 7.58. The van der Waals surface area contributed by atoms with Gasteiger partial charge in [-0.3, -0.25) is 4.79 Å². The van der Waals surface area contributed by atoms with Crippen molar-refractivity contribution in [1.82, 2.24) is 10.6 Å². The van der Waals surface area contributed by atoms with Crippen molar-refractivity contribution < 1.29 is 9.53 Å². The van der Waals surface area contributed by atoms with Gasteiger partial charge >= 0.3 is 0 Å². The highest BCUT2D eigenvalue weighted by molar-refractivity contribution is 9.10. The van der Waals surface area contributed by atoms with E-state index in [0.29, 0.717) is 6.54 Å². The Labute approximate surface area is 164 Å². The zero-order chi connectivity index (χ0) is 19.0. The number of nitrogens with one attached hydrogen (secondary N) is 2. The quantitative estimate of drug-likeness (QED) is 0.635. The first-order valence-corrected chi connectivity index (χ1v) is 9.60. The lowest BCUT2D eigenvalue weighted by molar-refractivity contribution is -0.124. The minimum Gasteiger partial charge on any atom is -0.483 e. The van der Waals surface area contributed by atoms with Crippen LogP contribution in [-0.2, 0) is 17.8 Å². The van der Waals surface area contributed by atoms with Crippen LogP contribution in [-0.4, -0.2) is 24.6 Å². The summed E-state index contributed by atoms with van der Waals surface area (Å²) < 4.78 is 6.73. The van der Waals surface area contributed by atoms with E-state index in [1.54, 1.807) is 0 Å². The smallest absolute Gasteiger partial charge is 0.258 e. The lowest BCUT2D eigenvalue weighted by Crippen LogP contribution is -2.43. The molecule has 0 fully saturated rings. The summed E-state index contributed by atoms with van der Waals surface area (Å²) in [5.41, 5.74) is 2.07. The Hall–Kier alpha value is -1.85. The van der Waals surface area contributed by atoms with Gasteiger partial charge in [-0.2, -0.15) is 0 Å². The maximum Gasteiger partial charge on any atom is 0.258 e. The van der Waals surface area contributed by atoms with Crippen LogP contribution in [0.25, 0.3) is 0 Å². The molecular formula is C21H27BrN2O2. The lowest BCUT2D eigenvalue weighted by atomic mass is 10.1. The normalized spacial score (nSPS) is 11.2. The number of carbonyl (C=O) groups excluding carboxylic acids is 1. The number of halogens is 1. The molecule has 0 aliphatic carbocycles. The fourth-order valence-electron chi connectivity index (χ4n) is 2.53. The van der Waals surface area contributed by atoms with Gasteiger partial charge in [0, 0.05) is 22.1 Å². The van der Waals surface area contributed by atoms with E-state index >= 15 is 0 Å². The van der Waals surface area contributed by atoms with E-state index in [-0.39, 0.29) is 18.1 Å². The van der Waals surface area contributed by atoms with E-state index in [2.05, 4.69) is 50.8 Å². The second-order valence-corrected chi connectivity index (χ2v) is 8.17. The van der Waals surface area contributed by atoms with Crippen LogP contribution in [0.3, 0.4) is 0 Å². The molecular weight excluding hydrogens is 392 g/mol. The fraction of sp³-hybridized carbons (Fsp3) is 0.381. The molecule has 2 N–H and O–H groups in total. The Morgan fingerprint density at radius 3 is 2.54 bits per heavy atom. The average Bonchev–Trinajstić information content (AvgIpc) is 2.57. The van der Waals surface area contributed by atoms with Crippen LogP contribution < -0.4 is 15.4 Å². The van der Waals surface area contributed by atoms with Crippen molar-refractivity contribution in [1.29, 1.82) is 0 Å². The highest BCUT2D eigenvalue weighted by Crippen LogP contribution is 2.23. The van der Waals surface area contributed by atoms with Gasteiger partial charge in [-0.1, -0.05) is 46.3 Å². The second-order valence-electron chi connectivity index (χ2n) is 7.25. The summed E-state index contributed by atoms with van der Waals surface area (Å²) in [5, 5.41) is 6.34. The van der Waals surface area contributed by atoms with Gasteiger partial charge in [0.15, 0.2) is 6.61 Å². The summed E-state index contributed by atoms with van der Waals surface area (Å²) in [5.74, 6) is 0.605. The third-order valence-electron chi connectivity index (χ3n) is 3.64. The molecule has 0 saturated carbocycles. The summed E-state index contributed by atoms with van der Waals surface area (Å²) in [6, 6.07) is 16.2. The van der Waals surface area contributed by atoms with Crippen molar-refractivity contribution in [3.05, 3.63) is 64.1 Å². The number of hydrogen-bond donors (Lipinski definition) is 2. The molecule has 0 bridgehead atoms. The Kier molecular flexibility index (Phi) is 7.66. The molecule has 2 aromatic carbocycles. The highest BCUT2D eigenvalue weighted by Gasteiger charge is 2.14. The summed E-state index contributed by atoms with van der Waals surface area (Å²) in [4.78, 5) is 12.0. The molecule has 0 atom stereocenters. The van der Waals surface area contributed by atoms with E-state index in [4.69, 9.17) is 4.74 Å². The van der Waals surface area contributed by atoms with E-state index < -0.39 is 0 Å². The highest BCUT2D eigenvalue weighted by atomic mass is 79.9. The van der Waals surface area contributed by atoms with Gasteiger partial charge in [0.2, 0.25) is 0 Å². The molecule has 0 radical (unpaired) electrons. The van der Waals surface area contributed by atoms with Crippen LogP contribution >= 0.6 is 15.9 Å². The maximum absolute atomic E-state index is 12.0. The summed E-state index contributed by atoms with van der Waals surface area (Å²) in [6.07, 6.45) is 0.971. The molecule has 0 heterocycles. The number of benzene rings is 2. The van der Waals surface area contributed by atoms with E-state index in [1.807, 2.05) is 45.0 Å². The molecule has 0 aromatic heterocycles. The van der Waals surface area contributed by atoms with Crippen LogP contribution in [0.4, 0.5) is 0 Å². The van der Waals surface area contributed by atoms with Crippen molar-refractivity contribution in [2.24, 2.45) is 0 Å². The first kappa shape index (κ1) is 20.5. The monoisotopic (exact) mass is 418 g/mol. The van der Waals surface area contributed by atoms with Gasteiger partial charge in [0.1, 0.15) is 5.75 Å². The van der Waals surface area contributed by atoms with Crippen LogP contribution in [0.5, 0.6) is 5.75 Å². The van der Waals surface area contributed by atoms with Gasteiger partial charge in [0.25, 0.3) is 5.91 Å². The molecule has 2 aromatic rings. The van der Waals surface area contributed by atoms with Gasteiger partial charge in [0.05, 0.1) is 0 Å². The Bertz CT molecular complexity index is 712. The van der Waals surface area contributed by atoms with E-state index in [1.165, 1.54) is 5.56 Å². The molecule has 0 aliphatic rings. The number of ether oxygens (including phenoxy) is 1. The van der Waals surface area contributed by atoms with E-state index in [9.17, 15) is 4.79 Å². The zero-order valence-corrected chi connectivity index (χ0v) is 17.2. The van der Waals surface area contributed by atoms with Crippen molar-refractivity contribution in [3.8, 4) is 5.75 Å². The van der Waals surface area contributed by atoms with Crippen molar-refractivity contribution in [2.75, 3.05) is 13.2 Å². The van der Waals surface area contributed by atoms with Crippen molar-refractivity contribution in [3.63, 3.8) is 0 Å². The van der Waals surface area contributed by atoms with Gasteiger partial charge in [-0.25, -0.2) is 0 Å². The van der Waals surface area contributed by atoms with Crippen LogP contribution in [0.1, 0.15) is 31.9 Å². The molecule has 0 spiro atoms. The van der Waals surface area contributed by atoms with Crippen LogP contribution in [0.2, 0.25) is 0 Å². The molecule has 5 heteroatoms. The fourth-order valence-corrected chi connectivity index (χ4v) is 2.93. The Morgan fingerprint density at radius 1 is 1.12 bits per heavy atom. The predicted octanol–water partition coefficient (Wildman–Crippen LogP) is 4.07. The third-order valence-corrected chi connectivity index (χ3v) is 4.14. The van der Waals surface area contributed by atoms with Crippen LogP contribution in [0.15, 0.2) is 53.0 Å². The number of rotatable bonds is 8. The molecule has 26 heavy (non-hydrogen) atoms. The molecule has 0 unspecified atom stereocenters. The molecule has 1 amide bonds. The summed E-state index contributed by atoms with van der Waals surface area (Å²) >= 11 is 3.50. The minimum absolute atomic E-state index is 0.00984. The topological polar surface area (TPSA) is 50.4 Å². The maximum atomic E-state index is 12.0. The Balaban J connectivity index is 1.87. The minimum atomic E-state index is -0.262. The standard InChI is InChI=1S/C21H27BrN2O2/c1-21(2,3)24-20(25)15-26-19-10-9-18(22)13-17(19)14-23-12-11-16-7-5-4-6-8-16/h4-10,13,23H,11-12,14-15H2,1-3H3,(H,24,25).